The van der Waals surface area contributed by atoms with Crippen LogP contribution in [0, 0.1) is 11.7 Å². The number of nitrogens with zero attached hydrogens (tertiary/aromatic N) is 1. The number of nitrogens with one attached hydrogen (secondary N) is 1. The molecule has 5 nitrogen and oxygen atoms in total. The highest BCUT2D eigenvalue weighted by molar-refractivity contribution is 7.99. The molecule has 1 amide bonds. The number of hydrogen-bond acceptors (Lipinski definition) is 4. The molecule has 1 fully saturated rings. The minimum absolute atomic E-state index is 0.0107. The average Bonchev–Trinajstić information content (AvgIpc) is 3.01. The van der Waals surface area contributed by atoms with E-state index in [-0.39, 0.29) is 29.8 Å². The first-order valence-corrected chi connectivity index (χ1v) is 11.2. The second-order valence-corrected chi connectivity index (χ2v) is 9.53. The second-order valence-electron chi connectivity index (χ2n) is 6.42. The maximum Gasteiger partial charge on any atom is 0.235 e. The van der Waals surface area contributed by atoms with Crippen molar-refractivity contribution in [1.82, 2.24) is 0 Å². The third-order valence-electron chi connectivity index (χ3n) is 4.27. The quantitative estimate of drug-likeness (QED) is 0.740. The Morgan fingerprint density at radius 2 is 2.00 bits per heavy atom. The van der Waals surface area contributed by atoms with Gasteiger partial charge in [-0.3, -0.25) is 9.10 Å². The zero-order chi connectivity index (χ0) is 19.4. The van der Waals surface area contributed by atoms with Crippen molar-refractivity contribution in [2.75, 3.05) is 27.7 Å². The van der Waals surface area contributed by atoms with Crippen LogP contribution in [0.15, 0.2) is 53.4 Å². The molecule has 0 aromatic heterocycles. The monoisotopic (exact) mass is 408 g/mol. The highest BCUT2D eigenvalue weighted by atomic mass is 32.2. The van der Waals surface area contributed by atoms with E-state index in [1.165, 1.54) is 18.2 Å². The predicted molar refractivity (Wildman–Crippen MR) is 107 cm³/mol. The molecule has 1 aliphatic heterocycles. The lowest BCUT2D eigenvalue weighted by Crippen LogP contribution is -2.26. The van der Waals surface area contributed by atoms with Crippen LogP contribution in [0.4, 0.5) is 15.8 Å². The van der Waals surface area contributed by atoms with Crippen molar-refractivity contribution in [3.05, 3.63) is 54.3 Å². The Labute approximate surface area is 163 Å². The molecule has 1 aliphatic rings. The first-order valence-electron chi connectivity index (χ1n) is 8.65. The summed E-state index contributed by atoms with van der Waals surface area (Å²) < 4.78 is 39.3. The van der Waals surface area contributed by atoms with Crippen LogP contribution in [0.1, 0.15) is 13.3 Å². The lowest BCUT2D eigenvalue weighted by Gasteiger charge is -2.19. The zero-order valence-corrected chi connectivity index (χ0v) is 16.5. The number of amides is 1. The van der Waals surface area contributed by atoms with Crippen molar-refractivity contribution < 1.29 is 17.6 Å². The summed E-state index contributed by atoms with van der Waals surface area (Å²) in [5, 5.41) is 2.76. The summed E-state index contributed by atoms with van der Waals surface area (Å²) in [6, 6.07) is 13.8. The number of benzene rings is 2. The van der Waals surface area contributed by atoms with Crippen molar-refractivity contribution in [2.24, 2.45) is 5.92 Å². The smallest absolute Gasteiger partial charge is 0.235 e. The number of carbonyl (C=O) groups is 1. The van der Waals surface area contributed by atoms with Gasteiger partial charge in [0.1, 0.15) is 5.82 Å². The van der Waals surface area contributed by atoms with Gasteiger partial charge >= 0.3 is 0 Å². The minimum atomic E-state index is -3.49. The van der Waals surface area contributed by atoms with Gasteiger partial charge in [0.25, 0.3) is 0 Å². The van der Waals surface area contributed by atoms with E-state index in [0.29, 0.717) is 17.9 Å². The van der Waals surface area contributed by atoms with Crippen molar-refractivity contribution in [3.8, 4) is 0 Å². The van der Waals surface area contributed by atoms with Gasteiger partial charge in [-0.05, 0) is 36.8 Å². The summed E-state index contributed by atoms with van der Waals surface area (Å²) in [4.78, 5) is 13.5. The maximum absolute atomic E-state index is 14.1. The molecular weight excluding hydrogens is 387 g/mol. The van der Waals surface area contributed by atoms with E-state index in [9.17, 15) is 17.6 Å². The van der Waals surface area contributed by atoms with E-state index in [2.05, 4.69) is 5.32 Å². The van der Waals surface area contributed by atoms with E-state index in [1.807, 2.05) is 37.3 Å². The van der Waals surface area contributed by atoms with Crippen LogP contribution in [-0.2, 0) is 14.8 Å². The van der Waals surface area contributed by atoms with Gasteiger partial charge in [-0.1, -0.05) is 25.1 Å². The van der Waals surface area contributed by atoms with Crippen molar-refractivity contribution >= 4 is 39.1 Å². The van der Waals surface area contributed by atoms with Crippen LogP contribution < -0.4 is 9.62 Å². The van der Waals surface area contributed by atoms with Gasteiger partial charge in [-0.2, -0.15) is 0 Å². The zero-order valence-electron chi connectivity index (χ0n) is 14.9. The van der Waals surface area contributed by atoms with Gasteiger partial charge in [0.15, 0.2) is 0 Å². The molecule has 1 heterocycles. The van der Waals surface area contributed by atoms with E-state index < -0.39 is 15.8 Å². The Balaban J connectivity index is 1.66. The first-order chi connectivity index (χ1) is 12.9. The minimum Gasteiger partial charge on any atom is -0.326 e. The van der Waals surface area contributed by atoms with Crippen LogP contribution in [-0.4, -0.2) is 32.4 Å². The number of carbonyl (C=O) groups excluding carboxylic acids is 1. The number of anilines is 2. The Kier molecular flexibility index (Phi) is 6.06. The van der Waals surface area contributed by atoms with Gasteiger partial charge in [0.2, 0.25) is 15.9 Å². The maximum atomic E-state index is 14.1. The average molecular weight is 409 g/mol. The van der Waals surface area contributed by atoms with Gasteiger partial charge in [-0.25, -0.2) is 12.8 Å². The molecule has 1 atom stereocenters. The Morgan fingerprint density at radius 1 is 1.26 bits per heavy atom. The third kappa shape index (κ3) is 4.81. The molecule has 144 valence electrons. The third-order valence-corrected chi connectivity index (χ3v) is 7.40. The van der Waals surface area contributed by atoms with Gasteiger partial charge in [0, 0.05) is 28.8 Å². The molecule has 2 aromatic rings. The summed E-state index contributed by atoms with van der Waals surface area (Å²) in [7, 11) is -3.49. The van der Waals surface area contributed by atoms with Crippen LogP contribution >= 0.6 is 11.8 Å². The fourth-order valence-corrected chi connectivity index (χ4v) is 5.28. The Bertz CT molecular complexity index is 920. The topological polar surface area (TPSA) is 66.5 Å². The number of thioether (sulfide) groups is 1. The van der Waals surface area contributed by atoms with Crippen LogP contribution in [0.25, 0.3) is 0 Å². The molecule has 1 unspecified atom stereocenters. The number of sulfonamides is 1. The van der Waals surface area contributed by atoms with E-state index >= 15 is 0 Å². The number of halogens is 1. The lowest BCUT2D eigenvalue weighted by molar-refractivity contribution is -0.118. The largest absolute Gasteiger partial charge is 0.326 e. The van der Waals surface area contributed by atoms with E-state index in [4.69, 9.17) is 0 Å². The summed E-state index contributed by atoms with van der Waals surface area (Å²) in [6.45, 7) is 2.07. The van der Waals surface area contributed by atoms with E-state index in [0.717, 1.165) is 9.20 Å². The fourth-order valence-electron chi connectivity index (χ4n) is 2.77. The van der Waals surface area contributed by atoms with Crippen LogP contribution in [0.3, 0.4) is 0 Å². The van der Waals surface area contributed by atoms with Gasteiger partial charge in [0.05, 0.1) is 11.4 Å². The highest BCUT2D eigenvalue weighted by Gasteiger charge is 2.30. The van der Waals surface area contributed by atoms with Crippen molar-refractivity contribution in [2.45, 2.75) is 18.2 Å². The molecule has 1 N–H and O–H groups in total. The Hall–Kier alpha value is -2.06. The molecule has 27 heavy (non-hydrogen) atoms. The molecule has 0 spiro atoms. The SMILES string of the molecule is CC(CSc1ccccc1)C(=O)Nc1ccc(F)c(N2CCCS2(=O)=O)c1. The molecule has 2 aromatic carbocycles. The highest BCUT2D eigenvalue weighted by Crippen LogP contribution is 2.30. The van der Waals surface area contributed by atoms with Crippen molar-refractivity contribution in [3.63, 3.8) is 0 Å². The summed E-state index contributed by atoms with van der Waals surface area (Å²) in [5.41, 5.74) is 0.367. The molecule has 0 radical (unpaired) electrons. The molecular formula is C19H21FN2O3S2. The summed E-state index contributed by atoms with van der Waals surface area (Å²) in [5.74, 6) is -0.466. The molecule has 1 saturated heterocycles. The molecule has 0 saturated carbocycles. The van der Waals surface area contributed by atoms with Crippen molar-refractivity contribution in [1.29, 1.82) is 0 Å². The summed E-state index contributed by atoms with van der Waals surface area (Å²) in [6.07, 6.45) is 0.464. The standard InChI is InChI=1S/C19H21FN2O3S2/c1-14(13-26-16-6-3-2-4-7-16)19(23)21-15-8-9-17(20)18(12-15)22-10-5-11-27(22,24)25/h2-4,6-9,12,14H,5,10-11,13H2,1H3,(H,21,23). The van der Waals surface area contributed by atoms with Crippen LogP contribution in [0.5, 0.6) is 0 Å². The first kappa shape index (κ1) is 19.7. The molecule has 0 bridgehead atoms. The number of hydrogen-bond donors (Lipinski definition) is 1. The number of rotatable bonds is 6. The lowest BCUT2D eigenvalue weighted by atomic mass is 10.2. The van der Waals surface area contributed by atoms with Gasteiger partial charge in [-0.15, -0.1) is 11.8 Å². The van der Waals surface area contributed by atoms with Crippen LogP contribution in [0.2, 0.25) is 0 Å². The summed E-state index contributed by atoms with van der Waals surface area (Å²) >= 11 is 1.58. The molecule has 3 rings (SSSR count). The van der Waals surface area contributed by atoms with E-state index in [1.54, 1.807) is 11.8 Å². The Morgan fingerprint density at radius 3 is 2.67 bits per heavy atom. The fraction of sp³-hybridized carbons (Fsp3) is 0.316. The molecule has 0 aliphatic carbocycles. The molecule has 8 heteroatoms. The predicted octanol–water partition coefficient (Wildman–Crippen LogP) is 3.73. The second kappa shape index (κ2) is 8.31. The van der Waals surface area contributed by atoms with Gasteiger partial charge < -0.3 is 5.32 Å². The normalized spacial score (nSPS) is 16.9.